The number of allylic oxidation sites excluding steroid dienone is 3. The van der Waals surface area contributed by atoms with E-state index in [1.165, 1.54) is 14.2 Å². The van der Waals surface area contributed by atoms with Gasteiger partial charge in [0, 0.05) is 22.9 Å². The number of benzene rings is 1. The van der Waals surface area contributed by atoms with E-state index in [0.717, 1.165) is 0 Å². The molecule has 1 heterocycles. The smallest absolute Gasteiger partial charge is 0.336 e. The lowest BCUT2D eigenvalue weighted by Crippen LogP contribution is -2.43. The minimum Gasteiger partial charge on any atom is -0.503 e. The van der Waals surface area contributed by atoms with Crippen LogP contribution in [-0.4, -0.2) is 43.7 Å². The Morgan fingerprint density at radius 1 is 1.28 bits per heavy atom. The molecule has 0 unspecified atom stereocenters. The number of halogens is 1. The molecule has 8 nitrogen and oxygen atoms in total. The number of ether oxygens (including phenoxy) is 3. The highest BCUT2D eigenvalue weighted by atomic mass is 79.9. The third kappa shape index (κ3) is 4.01. The Balaban J connectivity index is 2.26. The number of hydrogen-bond acceptors (Lipinski definition) is 8. The maximum atomic E-state index is 13.6. The summed E-state index contributed by atoms with van der Waals surface area (Å²) in [5.74, 6) is -3.58. The van der Waals surface area contributed by atoms with Crippen molar-refractivity contribution >= 4 is 33.7 Å². The zero-order valence-electron chi connectivity index (χ0n) is 18.6. The molecule has 2 aliphatic rings. The minimum atomic E-state index is -0.979. The number of hydrogen-bond donors (Lipinski definition) is 2. The van der Waals surface area contributed by atoms with Crippen molar-refractivity contribution in [2.75, 3.05) is 20.8 Å². The number of dihydropyridines is 1. The van der Waals surface area contributed by atoms with Crippen LogP contribution in [-0.2, 0) is 23.9 Å². The van der Waals surface area contributed by atoms with Crippen LogP contribution in [0.2, 0.25) is 0 Å². The molecule has 0 aromatic heterocycles. The van der Waals surface area contributed by atoms with E-state index in [1.807, 2.05) is 6.92 Å². The van der Waals surface area contributed by atoms with Gasteiger partial charge in [0.25, 0.3) is 0 Å². The Labute approximate surface area is 194 Å². The predicted octanol–water partition coefficient (Wildman–Crippen LogP) is 3.34. The zero-order chi connectivity index (χ0) is 23.7. The topological polar surface area (TPSA) is 111 Å². The van der Waals surface area contributed by atoms with E-state index in [2.05, 4.69) is 21.2 Å². The Kier molecular flexibility index (Phi) is 6.97. The van der Waals surface area contributed by atoms with E-state index in [1.54, 1.807) is 26.0 Å². The van der Waals surface area contributed by atoms with Crippen LogP contribution in [0.1, 0.15) is 38.7 Å². The lowest BCUT2D eigenvalue weighted by molar-refractivity contribution is -0.151. The number of ketones is 1. The first-order valence-electron chi connectivity index (χ1n) is 10.2. The quantitative estimate of drug-likeness (QED) is 0.461. The Morgan fingerprint density at radius 3 is 2.56 bits per heavy atom. The molecule has 0 saturated heterocycles. The van der Waals surface area contributed by atoms with Gasteiger partial charge in [0.1, 0.15) is 5.92 Å². The van der Waals surface area contributed by atoms with Crippen LogP contribution in [0.5, 0.6) is 11.5 Å². The van der Waals surface area contributed by atoms with Crippen LogP contribution in [0.4, 0.5) is 0 Å². The molecule has 3 atom stereocenters. The van der Waals surface area contributed by atoms with E-state index in [9.17, 15) is 19.5 Å². The molecule has 1 aliphatic carbocycles. The van der Waals surface area contributed by atoms with Gasteiger partial charge in [-0.05, 0) is 59.8 Å². The molecule has 0 amide bonds. The molecule has 3 rings (SSSR count). The Hall–Kier alpha value is -2.81. The molecule has 0 spiro atoms. The summed E-state index contributed by atoms with van der Waals surface area (Å²) in [7, 11) is 2.66. The molecule has 0 saturated carbocycles. The van der Waals surface area contributed by atoms with Crippen LogP contribution < -0.4 is 10.1 Å². The number of aromatic hydroxyl groups is 1. The molecule has 0 radical (unpaired) electrons. The van der Waals surface area contributed by atoms with Crippen molar-refractivity contribution < 1.29 is 33.7 Å². The van der Waals surface area contributed by atoms with Crippen molar-refractivity contribution in [1.29, 1.82) is 0 Å². The number of nitrogens with one attached hydrogen (secondary N) is 1. The second kappa shape index (κ2) is 9.36. The van der Waals surface area contributed by atoms with Crippen molar-refractivity contribution in [2.24, 2.45) is 11.8 Å². The fourth-order valence-electron chi connectivity index (χ4n) is 4.41. The average Bonchev–Trinajstić information content (AvgIpc) is 2.74. The lowest BCUT2D eigenvalue weighted by Gasteiger charge is -2.38. The summed E-state index contributed by atoms with van der Waals surface area (Å²) < 4.78 is 15.8. The summed E-state index contributed by atoms with van der Waals surface area (Å²) in [4.78, 5) is 39.0. The fraction of sp³-hybridized carbons (Fsp3) is 0.435. The highest BCUT2D eigenvalue weighted by Gasteiger charge is 2.47. The summed E-state index contributed by atoms with van der Waals surface area (Å²) in [5.41, 5.74) is 2.33. The molecule has 2 N–H and O–H groups in total. The number of esters is 2. The van der Waals surface area contributed by atoms with Crippen LogP contribution >= 0.6 is 15.9 Å². The van der Waals surface area contributed by atoms with Crippen LogP contribution in [0.3, 0.4) is 0 Å². The first kappa shape index (κ1) is 23.8. The molecule has 0 fully saturated rings. The number of Topliss-reactive ketones (excluding diaryl/α,β-unsaturated/α-hetero) is 1. The summed E-state index contributed by atoms with van der Waals surface area (Å²) in [6.45, 7) is 5.43. The van der Waals surface area contributed by atoms with E-state index in [-0.39, 0.29) is 29.6 Å². The van der Waals surface area contributed by atoms with E-state index < -0.39 is 29.6 Å². The summed E-state index contributed by atoms with van der Waals surface area (Å²) >= 11 is 3.31. The molecule has 32 heavy (non-hydrogen) atoms. The molecule has 0 bridgehead atoms. The molecule has 1 aromatic rings. The van der Waals surface area contributed by atoms with Gasteiger partial charge in [-0.1, -0.05) is 6.92 Å². The van der Waals surface area contributed by atoms with Crippen molar-refractivity contribution in [2.45, 2.75) is 33.1 Å². The van der Waals surface area contributed by atoms with Crippen molar-refractivity contribution in [3.05, 3.63) is 44.7 Å². The SMILES string of the molecule is CCOC(=O)C1=C(C)NC2=C(C(=O)[C@@H](C(=O)OC)[C@@H](C)C2)[C@H]1c1cc(Br)c(O)c(OC)c1. The van der Waals surface area contributed by atoms with E-state index in [0.29, 0.717) is 33.4 Å². The zero-order valence-corrected chi connectivity index (χ0v) is 20.2. The monoisotopic (exact) mass is 507 g/mol. The second-order valence-electron chi connectivity index (χ2n) is 7.81. The number of rotatable bonds is 5. The molecular weight excluding hydrogens is 482 g/mol. The van der Waals surface area contributed by atoms with Gasteiger partial charge in [-0.3, -0.25) is 9.59 Å². The van der Waals surface area contributed by atoms with Crippen LogP contribution in [0.25, 0.3) is 0 Å². The molecular formula is C23H26BrNO7. The van der Waals surface area contributed by atoms with Gasteiger partial charge in [0.05, 0.1) is 30.9 Å². The van der Waals surface area contributed by atoms with Gasteiger partial charge < -0.3 is 24.6 Å². The lowest BCUT2D eigenvalue weighted by atomic mass is 9.69. The van der Waals surface area contributed by atoms with Crippen LogP contribution in [0.15, 0.2) is 39.1 Å². The summed E-state index contributed by atoms with van der Waals surface area (Å²) in [6, 6.07) is 3.20. The summed E-state index contributed by atoms with van der Waals surface area (Å²) in [5, 5.41) is 13.5. The standard InChI is InChI=1S/C23H26BrNO7/c1-6-32-23(29)17-11(3)25-14-7-10(2)16(22(28)31-5)21(27)19(14)18(17)12-8-13(24)20(26)15(9-12)30-4/h8-10,16,18,25-26H,6-7H2,1-5H3/t10-,16-,18-/m0/s1. The first-order chi connectivity index (χ1) is 15.2. The second-order valence-corrected chi connectivity index (χ2v) is 8.66. The van der Waals surface area contributed by atoms with Gasteiger partial charge in [-0.2, -0.15) is 0 Å². The number of carbonyl (C=O) groups is 3. The minimum absolute atomic E-state index is 0.103. The van der Waals surface area contributed by atoms with Gasteiger partial charge in [-0.15, -0.1) is 0 Å². The van der Waals surface area contributed by atoms with Gasteiger partial charge in [0.2, 0.25) is 0 Å². The highest BCUT2D eigenvalue weighted by Crippen LogP contribution is 2.48. The Bertz CT molecular complexity index is 1040. The van der Waals surface area contributed by atoms with Gasteiger partial charge in [-0.25, -0.2) is 4.79 Å². The number of phenols is 1. The Morgan fingerprint density at radius 2 is 1.97 bits per heavy atom. The molecule has 172 valence electrons. The fourth-order valence-corrected chi connectivity index (χ4v) is 4.87. The van der Waals surface area contributed by atoms with E-state index >= 15 is 0 Å². The molecule has 1 aliphatic heterocycles. The summed E-state index contributed by atoms with van der Waals surface area (Å²) in [6.07, 6.45) is 0.432. The largest absolute Gasteiger partial charge is 0.503 e. The van der Waals surface area contributed by atoms with Gasteiger partial charge in [0.15, 0.2) is 17.3 Å². The number of phenolic OH excluding ortho intramolecular Hbond substituents is 1. The van der Waals surface area contributed by atoms with Crippen molar-refractivity contribution in [1.82, 2.24) is 5.32 Å². The highest BCUT2D eigenvalue weighted by molar-refractivity contribution is 9.10. The van der Waals surface area contributed by atoms with Crippen LogP contribution in [0, 0.1) is 11.8 Å². The van der Waals surface area contributed by atoms with E-state index in [4.69, 9.17) is 14.2 Å². The predicted molar refractivity (Wildman–Crippen MR) is 119 cm³/mol. The third-order valence-corrected chi connectivity index (χ3v) is 6.45. The molecule has 9 heteroatoms. The maximum Gasteiger partial charge on any atom is 0.336 e. The maximum absolute atomic E-state index is 13.6. The third-order valence-electron chi connectivity index (χ3n) is 5.84. The number of carbonyl (C=O) groups excluding carboxylic acids is 3. The molecule has 1 aromatic carbocycles. The normalized spacial score (nSPS) is 22.8. The average molecular weight is 508 g/mol. The number of methoxy groups -OCH3 is 2. The first-order valence-corrected chi connectivity index (χ1v) is 11.0. The van der Waals surface area contributed by atoms with Crippen molar-refractivity contribution in [3.63, 3.8) is 0 Å². The van der Waals surface area contributed by atoms with Gasteiger partial charge >= 0.3 is 11.9 Å². The van der Waals surface area contributed by atoms with Crippen molar-refractivity contribution in [3.8, 4) is 11.5 Å².